The van der Waals surface area contributed by atoms with Gasteiger partial charge in [0.2, 0.25) is 0 Å². The van der Waals surface area contributed by atoms with Crippen LogP contribution in [0.4, 0.5) is 4.79 Å². The van der Waals surface area contributed by atoms with Crippen molar-refractivity contribution in [1.82, 2.24) is 15.0 Å². The standard InChI is InChI=1S/C21H35N5O6S/c1-21(2,3)32-20(29)24-9-11-25(12-10-24)26-19(17(22)28)33-18(23-26)14-5-7-15(8-6-14)31-13-16(27)30-4/h14-15,19H,5-13H2,1-4H3,(H2,22,28)/t14-,15-,19?. The summed E-state index contributed by atoms with van der Waals surface area (Å²) in [6, 6.07) is 0. The van der Waals surface area contributed by atoms with E-state index in [0.29, 0.717) is 26.2 Å². The number of carbonyl (C=O) groups is 3. The Morgan fingerprint density at radius 1 is 1.09 bits per heavy atom. The second-order valence-electron chi connectivity index (χ2n) is 9.41. The van der Waals surface area contributed by atoms with Gasteiger partial charge in [-0.05, 0) is 46.5 Å². The molecule has 2 amide bonds. The summed E-state index contributed by atoms with van der Waals surface area (Å²) < 4.78 is 15.7. The smallest absolute Gasteiger partial charge is 0.410 e. The molecule has 2 fully saturated rings. The largest absolute Gasteiger partial charge is 0.467 e. The Morgan fingerprint density at radius 3 is 2.27 bits per heavy atom. The number of carbonyl (C=O) groups excluding carboxylic acids is 3. The molecule has 2 N–H and O–H groups in total. The second kappa shape index (κ2) is 10.9. The lowest BCUT2D eigenvalue weighted by Gasteiger charge is -2.39. The van der Waals surface area contributed by atoms with Crippen molar-refractivity contribution < 1.29 is 28.6 Å². The van der Waals surface area contributed by atoms with E-state index in [1.54, 1.807) is 10.0 Å². The predicted molar refractivity (Wildman–Crippen MR) is 123 cm³/mol. The first kappa shape index (κ1) is 25.6. The van der Waals surface area contributed by atoms with Gasteiger partial charge >= 0.3 is 12.1 Å². The third kappa shape index (κ3) is 6.97. The van der Waals surface area contributed by atoms with E-state index >= 15 is 0 Å². The zero-order valence-electron chi connectivity index (χ0n) is 19.8. The number of hydrazine groups is 1. The number of primary amides is 1. The number of hydrogen-bond donors (Lipinski definition) is 1. The summed E-state index contributed by atoms with van der Waals surface area (Å²) >= 11 is 1.40. The van der Waals surface area contributed by atoms with Crippen LogP contribution in [0.5, 0.6) is 0 Å². The van der Waals surface area contributed by atoms with E-state index in [0.717, 1.165) is 30.7 Å². The highest BCUT2D eigenvalue weighted by atomic mass is 32.2. The molecule has 1 unspecified atom stereocenters. The third-order valence-electron chi connectivity index (χ3n) is 5.77. The van der Waals surface area contributed by atoms with E-state index < -0.39 is 16.9 Å². The SMILES string of the molecule is COC(=O)CO[C@H]1CC[C@H](C2=NN(N3CCN(C(=O)OC(C)(C)C)CC3)C(C(N)=O)S2)CC1. The van der Waals surface area contributed by atoms with Gasteiger partial charge in [0, 0.05) is 32.1 Å². The van der Waals surface area contributed by atoms with Crippen LogP contribution in [-0.4, -0.2) is 95.0 Å². The van der Waals surface area contributed by atoms with Gasteiger partial charge in [-0.15, -0.1) is 0 Å². The number of amides is 2. The number of rotatable bonds is 6. The van der Waals surface area contributed by atoms with E-state index in [9.17, 15) is 14.4 Å². The Kier molecular flexibility index (Phi) is 8.46. The van der Waals surface area contributed by atoms with Crippen molar-refractivity contribution in [3.8, 4) is 0 Å². The molecule has 0 aromatic carbocycles. The summed E-state index contributed by atoms with van der Waals surface area (Å²) in [5.74, 6) is -0.592. The van der Waals surface area contributed by atoms with Gasteiger partial charge in [0.15, 0.2) is 5.37 Å². The first-order valence-electron chi connectivity index (χ1n) is 11.3. The molecule has 12 heteroatoms. The maximum atomic E-state index is 12.3. The zero-order valence-corrected chi connectivity index (χ0v) is 20.6. The fourth-order valence-corrected chi connectivity index (χ4v) is 5.21. The van der Waals surface area contributed by atoms with Crippen molar-refractivity contribution in [1.29, 1.82) is 0 Å². The van der Waals surface area contributed by atoms with Gasteiger partial charge in [-0.1, -0.05) is 11.8 Å². The molecule has 3 aliphatic rings. The fraction of sp³-hybridized carbons (Fsp3) is 0.810. The van der Waals surface area contributed by atoms with E-state index in [4.69, 9.17) is 20.3 Å². The summed E-state index contributed by atoms with van der Waals surface area (Å²) in [6.45, 7) is 7.53. The van der Waals surface area contributed by atoms with Crippen molar-refractivity contribution in [2.45, 2.75) is 63.5 Å². The quantitative estimate of drug-likeness (QED) is 0.555. The van der Waals surface area contributed by atoms with Crippen molar-refractivity contribution in [2.75, 3.05) is 39.9 Å². The van der Waals surface area contributed by atoms with Gasteiger partial charge in [0.25, 0.3) is 5.91 Å². The number of nitrogens with two attached hydrogens (primary N) is 1. The normalized spacial score (nSPS) is 26.7. The molecule has 0 bridgehead atoms. The topological polar surface area (TPSA) is 127 Å². The van der Waals surface area contributed by atoms with Gasteiger partial charge in [0.1, 0.15) is 17.3 Å². The molecule has 1 saturated carbocycles. The van der Waals surface area contributed by atoms with Crippen LogP contribution in [0.25, 0.3) is 0 Å². The molecule has 0 radical (unpaired) electrons. The molecule has 1 aliphatic carbocycles. The molecule has 2 aliphatic heterocycles. The number of ether oxygens (including phenoxy) is 3. The monoisotopic (exact) mass is 485 g/mol. The van der Waals surface area contributed by atoms with Gasteiger partial charge in [-0.2, -0.15) is 10.1 Å². The lowest BCUT2D eigenvalue weighted by molar-refractivity contribution is -0.148. The van der Waals surface area contributed by atoms with Gasteiger partial charge in [-0.25, -0.2) is 14.7 Å². The predicted octanol–water partition coefficient (Wildman–Crippen LogP) is 1.38. The Hall–Kier alpha value is -2.05. The molecular weight excluding hydrogens is 450 g/mol. The van der Waals surface area contributed by atoms with Crippen LogP contribution < -0.4 is 5.73 Å². The maximum absolute atomic E-state index is 12.3. The average molecular weight is 486 g/mol. The van der Waals surface area contributed by atoms with E-state index in [2.05, 4.69) is 4.74 Å². The molecular formula is C21H35N5O6S. The number of nitrogens with zero attached hydrogens (tertiary/aromatic N) is 4. The number of hydrogen-bond acceptors (Lipinski definition) is 10. The first-order chi connectivity index (χ1) is 15.6. The third-order valence-corrected chi connectivity index (χ3v) is 7.07. The van der Waals surface area contributed by atoms with E-state index in [-0.39, 0.29) is 30.7 Å². The molecule has 11 nitrogen and oxygen atoms in total. The summed E-state index contributed by atoms with van der Waals surface area (Å²) in [7, 11) is 1.34. The van der Waals surface area contributed by atoms with E-state index in [1.807, 2.05) is 25.8 Å². The molecule has 1 saturated heterocycles. The average Bonchev–Trinajstić information content (AvgIpc) is 3.22. The van der Waals surface area contributed by atoms with Crippen molar-refractivity contribution in [2.24, 2.45) is 16.8 Å². The van der Waals surface area contributed by atoms with Crippen LogP contribution in [-0.2, 0) is 23.8 Å². The molecule has 2 heterocycles. The molecule has 186 valence electrons. The number of thioether (sulfide) groups is 1. The van der Waals surface area contributed by atoms with Crippen LogP contribution in [0.1, 0.15) is 46.5 Å². The number of esters is 1. The van der Waals surface area contributed by atoms with Crippen LogP contribution in [0.15, 0.2) is 5.10 Å². The Morgan fingerprint density at radius 2 is 1.73 bits per heavy atom. The minimum Gasteiger partial charge on any atom is -0.467 e. The summed E-state index contributed by atoms with van der Waals surface area (Å²) in [5, 5.41) is 8.74. The highest BCUT2D eigenvalue weighted by Crippen LogP contribution is 2.37. The molecule has 0 aromatic heterocycles. The first-order valence-corrected chi connectivity index (χ1v) is 12.2. The maximum Gasteiger partial charge on any atom is 0.410 e. The Bertz CT molecular complexity index is 757. The van der Waals surface area contributed by atoms with E-state index in [1.165, 1.54) is 18.9 Å². The highest BCUT2D eigenvalue weighted by Gasteiger charge is 2.40. The summed E-state index contributed by atoms with van der Waals surface area (Å²) in [5.41, 5.74) is 5.14. The van der Waals surface area contributed by atoms with Crippen LogP contribution in [0, 0.1) is 5.92 Å². The number of piperazine rings is 1. The lowest BCUT2D eigenvalue weighted by atomic mass is 9.88. The zero-order chi connectivity index (χ0) is 24.2. The highest BCUT2D eigenvalue weighted by molar-refractivity contribution is 8.15. The van der Waals surface area contributed by atoms with Crippen LogP contribution in [0.3, 0.4) is 0 Å². The number of methoxy groups -OCH3 is 1. The molecule has 0 aromatic rings. The van der Waals surface area contributed by atoms with Crippen LogP contribution >= 0.6 is 11.8 Å². The van der Waals surface area contributed by atoms with Gasteiger partial charge in [-0.3, -0.25) is 4.79 Å². The molecule has 3 rings (SSSR count). The minimum atomic E-state index is -0.596. The van der Waals surface area contributed by atoms with Crippen LogP contribution in [0.2, 0.25) is 0 Å². The minimum absolute atomic E-state index is 0.0244. The number of hydrazone groups is 1. The molecule has 33 heavy (non-hydrogen) atoms. The second-order valence-corrected chi connectivity index (χ2v) is 10.5. The Labute approximate surface area is 198 Å². The summed E-state index contributed by atoms with van der Waals surface area (Å²) in [6.07, 6.45) is 3.05. The van der Waals surface area contributed by atoms with Gasteiger partial charge in [0.05, 0.1) is 13.2 Å². The molecule has 0 spiro atoms. The lowest BCUT2D eigenvalue weighted by Crippen LogP contribution is -2.56. The van der Waals surface area contributed by atoms with Crippen molar-refractivity contribution >= 4 is 34.8 Å². The summed E-state index contributed by atoms with van der Waals surface area (Å²) in [4.78, 5) is 37.4. The van der Waals surface area contributed by atoms with Gasteiger partial charge < -0.3 is 24.8 Å². The van der Waals surface area contributed by atoms with Crippen molar-refractivity contribution in [3.05, 3.63) is 0 Å². The fourth-order valence-electron chi connectivity index (χ4n) is 4.03. The Balaban J connectivity index is 1.55. The van der Waals surface area contributed by atoms with Crippen molar-refractivity contribution in [3.63, 3.8) is 0 Å². The molecule has 1 atom stereocenters.